The third-order valence-electron chi connectivity index (χ3n) is 3.07. The lowest BCUT2D eigenvalue weighted by Crippen LogP contribution is -2.48. The van der Waals surface area contributed by atoms with Crippen molar-refractivity contribution in [1.82, 2.24) is 10.6 Å². The Labute approximate surface area is 111 Å². The van der Waals surface area contributed by atoms with E-state index in [0.29, 0.717) is 5.25 Å². The van der Waals surface area contributed by atoms with Gasteiger partial charge in [-0.2, -0.15) is 11.8 Å². The number of aliphatic carboxylic acids is 1. The van der Waals surface area contributed by atoms with Crippen molar-refractivity contribution in [3.63, 3.8) is 0 Å². The molecule has 3 atom stereocenters. The number of hydrogen-bond acceptors (Lipinski definition) is 4. The van der Waals surface area contributed by atoms with Crippen LogP contribution in [-0.2, 0) is 4.79 Å². The first-order valence-corrected chi connectivity index (χ1v) is 7.29. The van der Waals surface area contributed by atoms with Gasteiger partial charge in [0.2, 0.25) is 0 Å². The molecule has 0 saturated heterocycles. The van der Waals surface area contributed by atoms with E-state index < -0.39 is 18.0 Å². The molecule has 0 spiro atoms. The standard InChI is InChI=1S/C11H20N2O4S/c1-18-8-3-2-7(6-8)12-11(17)13-9(4-5-14)10(15)16/h7-9,14H,2-6H2,1H3,(H,15,16)(H2,12,13,17)/t7?,8?,9-/m0/s1. The van der Waals surface area contributed by atoms with Crippen LogP contribution in [-0.4, -0.2) is 52.4 Å². The zero-order valence-electron chi connectivity index (χ0n) is 10.4. The molecule has 1 saturated carbocycles. The van der Waals surface area contributed by atoms with E-state index in [9.17, 15) is 9.59 Å². The van der Waals surface area contributed by atoms with Crippen LogP contribution in [0.3, 0.4) is 0 Å². The maximum atomic E-state index is 11.6. The quantitative estimate of drug-likeness (QED) is 0.563. The Hall–Kier alpha value is -0.950. The molecule has 0 aromatic rings. The van der Waals surface area contributed by atoms with Crippen molar-refractivity contribution in [3.05, 3.63) is 0 Å². The Morgan fingerprint density at radius 1 is 1.44 bits per heavy atom. The molecule has 2 amide bonds. The summed E-state index contributed by atoms with van der Waals surface area (Å²) in [6, 6.07) is -1.39. The number of hydrogen-bond donors (Lipinski definition) is 4. The summed E-state index contributed by atoms with van der Waals surface area (Å²) in [4.78, 5) is 22.4. The topological polar surface area (TPSA) is 98.7 Å². The Morgan fingerprint density at radius 3 is 2.67 bits per heavy atom. The molecule has 18 heavy (non-hydrogen) atoms. The summed E-state index contributed by atoms with van der Waals surface area (Å²) in [5, 5.41) is 23.3. The van der Waals surface area contributed by atoms with Gasteiger partial charge in [-0.05, 0) is 25.5 Å². The molecule has 1 rings (SSSR count). The minimum atomic E-state index is -1.13. The van der Waals surface area contributed by atoms with Crippen LogP contribution in [0.1, 0.15) is 25.7 Å². The van der Waals surface area contributed by atoms with Gasteiger partial charge in [-0.15, -0.1) is 0 Å². The second-order valence-corrected chi connectivity index (χ2v) is 5.53. The molecule has 104 valence electrons. The van der Waals surface area contributed by atoms with Gasteiger partial charge < -0.3 is 20.8 Å². The van der Waals surface area contributed by atoms with Gasteiger partial charge in [-0.1, -0.05) is 0 Å². The fourth-order valence-corrected chi connectivity index (χ4v) is 2.85. The summed E-state index contributed by atoms with van der Waals surface area (Å²) in [5.74, 6) is -1.13. The first-order valence-electron chi connectivity index (χ1n) is 6.00. The van der Waals surface area contributed by atoms with Crippen molar-refractivity contribution >= 4 is 23.8 Å². The first-order chi connectivity index (χ1) is 8.56. The van der Waals surface area contributed by atoms with Gasteiger partial charge in [0.25, 0.3) is 0 Å². The number of aliphatic hydroxyl groups excluding tert-OH is 1. The smallest absolute Gasteiger partial charge is 0.326 e. The largest absolute Gasteiger partial charge is 0.480 e. The van der Waals surface area contributed by atoms with Gasteiger partial charge in [0, 0.05) is 24.3 Å². The van der Waals surface area contributed by atoms with Crippen molar-refractivity contribution in [2.75, 3.05) is 12.9 Å². The minimum absolute atomic E-state index is 0.0147. The predicted molar refractivity (Wildman–Crippen MR) is 69.7 cm³/mol. The summed E-state index contributed by atoms with van der Waals surface area (Å²) < 4.78 is 0. The van der Waals surface area contributed by atoms with Gasteiger partial charge in [0.05, 0.1) is 0 Å². The third-order valence-corrected chi connectivity index (χ3v) is 4.17. The van der Waals surface area contributed by atoms with Gasteiger partial charge in [0.15, 0.2) is 0 Å². The monoisotopic (exact) mass is 276 g/mol. The van der Waals surface area contributed by atoms with Crippen LogP contribution >= 0.6 is 11.8 Å². The Morgan fingerprint density at radius 2 is 2.17 bits per heavy atom. The molecule has 4 N–H and O–H groups in total. The van der Waals surface area contributed by atoms with Gasteiger partial charge >= 0.3 is 12.0 Å². The van der Waals surface area contributed by atoms with Crippen molar-refractivity contribution < 1.29 is 19.8 Å². The SMILES string of the molecule is CSC1CCC(NC(=O)N[C@@H](CCO)C(=O)O)C1. The Balaban J connectivity index is 2.34. The highest BCUT2D eigenvalue weighted by molar-refractivity contribution is 7.99. The van der Waals surface area contributed by atoms with Crippen molar-refractivity contribution in [3.8, 4) is 0 Å². The number of carbonyl (C=O) groups is 2. The van der Waals surface area contributed by atoms with E-state index in [2.05, 4.69) is 16.9 Å². The highest BCUT2D eigenvalue weighted by Crippen LogP contribution is 2.27. The first kappa shape index (κ1) is 15.1. The molecular formula is C11H20N2O4S. The molecule has 0 bridgehead atoms. The molecule has 2 unspecified atom stereocenters. The highest BCUT2D eigenvalue weighted by atomic mass is 32.2. The second-order valence-electron chi connectivity index (χ2n) is 4.39. The zero-order valence-corrected chi connectivity index (χ0v) is 11.2. The van der Waals surface area contributed by atoms with E-state index in [1.165, 1.54) is 0 Å². The number of carboxylic acid groups (broad SMARTS) is 1. The lowest BCUT2D eigenvalue weighted by atomic mass is 10.2. The molecule has 0 aromatic carbocycles. The Bertz CT molecular complexity index is 301. The van der Waals surface area contributed by atoms with Crippen molar-refractivity contribution in [2.24, 2.45) is 0 Å². The van der Waals surface area contributed by atoms with E-state index >= 15 is 0 Å². The van der Waals surface area contributed by atoms with Crippen molar-refractivity contribution in [2.45, 2.75) is 43.0 Å². The average molecular weight is 276 g/mol. The van der Waals surface area contributed by atoms with Gasteiger partial charge in [-0.25, -0.2) is 9.59 Å². The van der Waals surface area contributed by atoms with Crippen LogP contribution in [0.5, 0.6) is 0 Å². The number of urea groups is 1. The molecular weight excluding hydrogens is 256 g/mol. The normalized spacial score (nSPS) is 24.6. The number of carboxylic acids is 1. The number of nitrogens with one attached hydrogen (secondary N) is 2. The molecule has 0 aliphatic heterocycles. The lowest BCUT2D eigenvalue weighted by Gasteiger charge is -2.17. The summed E-state index contributed by atoms with van der Waals surface area (Å²) in [6.45, 7) is -0.269. The summed E-state index contributed by atoms with van der Waals surface area (Å²) >= 11 is 1.79. The summed E-state index contributed by atoms with van der Waals surface area (Å²) in [7, 11) is 0. The molecule has 1 fully saturated rings. The second kappa shape index (κ2) is 7.48. The number of thioether (sulfide) groups is 1. The molecule has 7 heteroatoms. The van der Waals surface area contributed by atoms with Crippen LogP contribution in [0.2, 0.25) is 0 Å². The number of amides is 2. The number of rotatable bonds is 6. The maximum absolute atomic E-state index is 11.6. The molecule has 0 heterocycles. The summed E-state index contributed by atoms with van der Waals surface area (Å²) in [6.07, 6.45) is 4.99. The number of carbonyl (C=O) groups excluding carboxylic acids is 1. The average Bonchev–Trinajstić information content (AvgIpc) is 2.76. The number of aliphatic hydroxyl groups is 1. The predicted octanol–water partition coefficient (Wildman–Crippen LogP) is 0.405. The van der Waals surface area contributed by atoms with Crippen LogP contribution < -0.4 is 10.6 Å². The van der Waals surface area contributed by atoms with Crippen LogP contribution in [0.15, 0.2) is 0 Å². The highest BCUT2D eigenvalue weighted by Gasteiger charge is 2.26. The van der Waals surface area contributed by atoms with Crippen LogP contribution in [0.25, 0.3) is 0 Å². The van der Waals surface area contributed by atoms with Crippen LogP contribution in [0, 0.1) is 0 Å². The molecule has 6 nitrogen and oxygen atoms in total. The molecule has 0 radical (unpaired) electrons. The van der Waals surface area contributed by atoms with Gasteiger partial charge in [-0.3, -0.25) is 0 Å². The summed E-state index contributed by atoms with van der Waals surface area (Å²) in [5.41, 5.74) is 0. The fourth-order valence-electron chi connectivity index (χ4n) is 2.06. The maximum Gasteiger partial charge on any atom is 0.326 e. The van der Waals surface area contributed by atoms with Gasteiger partial charge in [0.1, 0.15) is 6.04 Å². The van der Waals surface area contributed by atoms with E-state index in [1.807, 2.05) is 0 Å². The van der Waals surface area contributed by atoms with E-state index in [1.54, 1.807) is 11.8 Å². The third kappa shape index (κ3) is 4.73. The lowest BCUT2D eigenvalue weighted by molar-refractivity contribution is -0.139. The zero-order chi connectivity index (χ0) is 13.5. The van der Waals surface area contributed by atoms with E-state index in [4.69, 9.17) is 10.2 Å². The van der Waals surface area contributed by atoms with Crippen LogP contribution in [0.4, 0.5) is 4.79 Å². The minimum Gasteiger partial charge on any atom is -0.480 e. The van der Waals surface area contributed by atoms with E-state index in [-0.39, 0.29) is 19.1 Å². The Kier molecular flexibility index (Phi) is 6.28. The molecule has 0 aromatic heterocycles. The fraction of sp³-hybridized carbons (Fsp3) is 0.818. The molecule has 1 aliphatic carbocycles. The van der Waals surface area contributed by atoms with E-state index in [0.717, 1.165) is 19.3 Å². The molecule has 1 aliphatic rings. The van der Waals surface area contributed by atoms with Crippen molar-refractivity contribution in [1.29, 1.82) is 0 Å².